The van der Waals surface area contributed by atoms with Crippen LogP contribution in [-0.4, -0.2) is 9.78 Å². The second-order valence-corrected chi connectivity index (χ2v) is 5.54. The fourth-order valence-electron chi connectivity index (χ4n) is 2.28. The van der Waals surface area contributed by atoms with Gasteiger partial charge in [-0.25, -0.2) is 4.68 Å². The standard InChI is InChI=1S/C13H11IN2O/c14-11-6-13(17)16(15-7-11)8-10-5-9-3-1-2-4-12(9)10/h1-4,6-7,10H,5,8H2. The number of rotatable bonds is 2. The van der Waals surface area contributed by atoms with E-state index in [0.29, 0.717) is 12.5 Å². The highest BCUT2D eigenvalue weighted by Gasteiger charge is 2.26. The van der Waals surface area contributed by atoms with Crippen molar-refractivity contribution in [2.45, 2.75) is 18.9 Å². The van der Waals surface area contributed by atoms with Crippen LogP contribution in [0.3, 0.4) is 0 Å². The Kier molecular flexibility index (Phi) is 2.74. The predicted octanol–water partition coefficient (Wildman–Crippen LogP) is 2.19. The minimum atomic E-state index is -0.0127. The summed E-state index contributed by atoms with van der Waals surface area (Å²) in [7, 11) is 0. The molecule has 2 aromatic rings. The van der Waals surface area contributed by atoms with Crippen molar-refractivity contribution in [3.8, 4) is 0 Å². The van der Waals surface area contributed by atoms with Gasteiger partial charge in [0.2, 0.25) is 0 Å². The first-order valence-corrected chi connectivity index (χ1v) is 6.62. The first-order chi connectivity index (χ1) is 8.24. The summed E-state index contributed by atoms with van der Waals surface area (Å²) in [5.74, 6) is 0.441. The molecule has 1 unspecified atom stereocenters. The summed E-state index contributed by atoms with van der Waals surface area (Å²) < 4.78 is 2.45. The lowest BCUT2D eigenvalue weighted by molar-refractivity contribution is 0.457. The molecule has 86 valence electrons. The van der Waals surface area contributed by atoms with Gasteiger partial charge in [0.15, 0.2) is 0 Å². The fourth-order valence-corrected chi connectivity index (χ4v) is 2.67. The number of halogens is 1. The molecular formula is C13H11IN2O. The van der Waals surface area contributed by atoms with Crippen LogP contribution in [0.4, 0.5) is 0 Å². The van der Waals surface area contributed by atoms with Crippen molar-refractivity contribution in [2.75, 3.05) is 0 Å². The highest BCUT2D eigenvalue weighted by Crippen LogP contribution is 2.35. The Bertz CT molecular complexity index is 621. The van der Waals surface area contributed by atoms with E-state index < -0.39 is 0 Å². The third kappa shape index (κ3) is 2.01. The van der Waals surface area contributed by atoms with Gasteiger partial charge >= 0.3 is 0 Å². The van der Waals surface area contributed by atoms with Crippen molar-refractivity contribution >= 4 is 22.6 Å². The molecule has 17 heavy (non-hydrogen) atoms. The molecule has 0 N–H and O–H groups in total. The van der Waals surface area contributed by atoms with Crippen LogP contribution in [0.25, 0.3) is 0 Å². The number of hydrogen-bond acceptors (Lipinski definition) is 2. The van der Waals surface area contributed by atoms with E-state index in [4.69, 9.17) is 0 Å². The van der Waals surface area contributed by atoms with E-state index >= 15 is 0 Å². The summed E-state index contributed by atoms with van der Waals surface area (Å²) in [4.78, 5) is 11.7. The van der Waals surface area contributed by atoms with Gasteiger partial charge in [-0.05, 0) is 40.1 Å². The van der Waals surface area contributed by atoms with Gasteiger partial charge in [0.25, 0.3) is 5.56 Å². The SMILES string of the molecule is O=c1cc(I)cnn1CC1Cc2ccccc21. The summed E-state index contributed by atoms with van der Waals surface area (Å²) in [5.41, 5.74) is 2.75. The van der Waals surface area contributed by atoms with Crippen molar-refractivity contribution in [3.63, 3.8) is 0 Å². The molecule has 0 amide bonds. The zero-order valence-electron chi connectivity index (χ0n) is 9.14. The van der Waals surface area contributed by atoms with Gasteiger partial charge in [0.05, 0.1) is 12.7 Å². The number of nitrogens with zero attached hydrogens (tertiary/aromatic N) is 2. The molecular weight excluding hydrogens is 327 g/mol. The molecule has 1 atom stereocenters. The number of benzene rings is 1. The lowest BCUT2D eigenvalue weighted by Crippen LogP contribution is -2.29. The Balaban J connectivity index is 1.84. The van der Waals surface area contributed by atoms with E-state index in [1.807, 2.05) is 0 Å². The van der Waals surface area contributed by atoms with Crippen molar-refractivity contribution in [2.24, 2.45) is 0 Å². The molecule has 1 aliphatic rings. The Morgan fingerprint density at radius 3 is 3.00 bits per heavy atom. The smallest absolute Gasteiger partial charge is 0.267 e. The molecule has 1 aromatic heterocycles. The minimum Gasteiger partial charge on any atom is -0.268 e. The largest absolute Gasteiger partial charge is 0.268 e. The van der Waals surface area contributed by atoms with Gasteiger partial charge in [-0.3, -0.25) is 4.79 Å². The summed E-state index contributed by atoms with van der Waals surface area (Å²) in [6.45, 7) is 0.687. The monoisotopic (exact) mass is 338 g/mol. The number of fused-ring (bicyclic) bond motifs is 1. The molecule has 0 spiro atoms. The molecule has 0 bridgehead atoms. The molecule has 1 aliphatic carbocycles. The molecule has 3 rings (SSSR count). The summed E-state index contributed by atoms with van der Waals surface area (Å²) in [5, 5.41) is 4.17. The lowest BCUT2D eigenvalue weighted by Gasteiger charge is -2.29. The van der Waals surface area contributed by atoms with Crippen LogP contribution >= 0.6 is 22.6 Å². The van der Waals surface area contributed by atoms with Crippen molar-refractivity contribution in [1.29, 1.82) is 0 Å². The second-order valence-electron chi connectivity index (χ2n) is 4.29. The molecule has 0 fully saturated rings. The van der Waals surface area contributed by atoms with Crippen molar-refractivity contribution < 1.29 is 0 Å². The molecule has 0 saturated carbocycles. The molecule has 4 heteroatoms. The Morgan fingerprint density at radius 1 is 1.41 bits per heavy atom. The van der Waals surface area contributed by atoms with Crippen LogP contribution in [0.5, 0.6) is 0 Å². The van der Waals surface area contributed by atoms with E-state index in [9.17, 15) is 4.79 Å². The van der Waals surface area contributed by atoms with Gasteiger partial charge < -0.3 is 0 Å². The fraction of sp³-hybridized carbons (Fsp3) is 0.231. The third-order valence-corrected chi connectivity index (χ3v) is 3.78. The molecule has 1 aromatic carbocycles. The first kappa shape index (κ1) is 11.0. The average molecular weight is 338 g/mol. The third-order valence-electron chi connectivity index (χ3n) is 3.19. The predicted molar refractivity (Wildman–Crippen MR) is 74.1 cm³/mol. The maximum atomic E-state index is 11.7. The molecule has 0 radical (unpaired) electrons. The first-order valence-electron chi connectivity index (χ1n) is 5.54. The molecule has 1 heterocycles. The maximum absolute atomic E-state index is 11.7. The second kappa shape index (κ2) is 4.25. The normalized spacial score (nSPS) is 17.4. The van der Waals surface area contributed by atoms with E-state index in [0.717, 1.165) is 9.99 Å². The van der Waals surface area contributed by atoms with Gasteiger partial charge in [0, 0.05) is 15.6 Å². The van der Waals surface area contributed by atoms with Crippen LogP contribution in [0, 0.1) is 3.57 Å². The summed E-state index contributed by atoms with van der Waals surface area (Å²) in [6.07, 6.45) is 2.78. The quantitative estimate of drug-likeness (QED) is 0.787. The van der Waals surface area contributed by atoms with E-state index in [1.165, 1.54) is 11.1 Å². The van der Waals surface area contributed by atoms with Crippen LogP contribution in [0.1, 0.15) is 17.0 Å². The minimum absolute atomic E-state index is 0.0127. The van der Waals surface area contributed by atoms with Crippen molar-refractivity contribution in [3.05, 3.63) is 61.6 Å². The molecule has 0 saturated heterocycles. The van der Waals surface area contributed by atoms with Gasteiger partial charge in [-0.2, -0.15) is 5.10 Å². The average Bonchev–Trinajstić information content (AvgIpc) is 2.28. The van der Waals surface area contributed by atoms with Gasteiger partial charge in [-0.1, -0.05) is 24.3 Å². The zero-order valence-corrected chi connectivity index (χ0v) is 11.3. The Morgan fingerprint density at radius 2 is 2.24 bits per heavy atom. The van der Waals surface area contributed by atoms with Crippen LogP contribution < -0.4 is 5.56 Å². The Labute approximate surface area is 113 Å². The molecule has 3 nitrogen and oxygen atoms in total. The highest BCUT2D eigenvalue weighted by atomic mass is 127. The van der Waals surface area contributed by atoms with Crippen LogP contribution in [0.2, 0.25) is 0 Å². The van der Waals surface area contributed by atoms with Crippen molar-refractivity contribution in [1.82, 2.24) is 9.78 Å². The van der Waals surface area contributed by atoms with Crippen LogP contribution in [0.15, 0.2) is 41.3 Å². The highest BCUT2D eigenvalue weighted by molar-refractivity contribution is 14.1. The van der Waals surface area contributed by atoms with Gasteiger partial charge in [0.1, 0.15) is 0 Å². The number of aromatic nitrogens is 2. The topological polar surface area (TPSA) is 34.9 Å². The summed E-state index contributed by atoms with van der Waals surface area (Å²) in [6, 6.07) is 10.0. The van der Waals surface area contributed by atoms with Crippen LogP contribution in [-0.2, 0) is 13.0 Å². The molecule has 0 aliphatic heterocycles. The summed E-state index contributed by atoms with van der Waals surface area (Å²) >= 11 is 2.10. The zero-order chi connectivity index (χ0) is 11.8. The van der Waals surface area contributed by atoms with E-state index in [2.05, 4.69) is 52.0 Å². The van der Waals surface area contributed by atoms with E-state index in [1.54, 1.807) is 16.9 Å². The van der Waals surface area contributed by atoms with Gasteiger partial charge in [-0.15, -0.1) is 0 Å². The maximum Gasteiger partial charge on any atom is 0.267 e. The number of hydrogen-bond donors (Lipinski definition) is 0. The Hall–Kier alpha value is -1.17. The van der Waals surface area contributed by atoms with E-state index in [-0.39, 0.29) is 5.56 Å². The lowest BCUT2D eigenvalue weighted by atomic mass is 9.78.